The second kappa shape index (κ2) is 8.85. The molecule has 2 aromatic carbocycles. The molecule has 6 heteroatoms. The van der Waals surface area contributed by atoms with E-state index in [0.29, 0.717) is 22.8 Å². The number of methoxy groups -OCH3 is 3. The molecule has 0 N–H and O–H groups in total. The predicted molar refractivity (Wildman–Crippen MR) is 90.6 cm³/mol. The van der Waals surface area contributed by atoms with Gasteiger partial charge >= 0.3 is 0 Å². The molecule has 0 saturated heterocycles. The Labute approximate surface area is 144 Å². The molecule has 111 valence electrons. The van der Waals surface area contributed by atoms with Crippen molar-refractivity contribution >= 4 is 38.3 Å². The molecule has 1 atom stereocenters. The molecule has 22 heavy (non-hydrogen) atoms. The smallest absolute Gasteiger partial charge is 0.193 e. The summed E-state index contributed by atoms with van der Waals surface area (Å²) in [4.78, 5) is 12.6. The van der Waals surface area contributed by atoms with Gasteiger partial charge in [0, 0.05) is 18.9 Å². The summed E-state index contributed by atoms with van der Waals surface area (Å²) in [7, 11) is 4.58. The van der Waals surface area contributed by atoms with E-state index >= 15 is 0 Å². The average molecular weight is 311 g/mol. The van der Waals surface area contributed by atoms with Gasteiger partial charge in [-0.05, 0) is 26.0 Å². The van der Waals surface area contributed by atoms with Crippen molar-refractivity contribution in [3.8, 4) is 17.2 Å². The monoisotopic (exact) mass is 311 g/mol. The van der Waals surface area contributed by atoms with Gasteiger partial charge in [-0.1, -0.05) is 30.3 Å². The van der Waals surface area contributed by atoms with E-state index < -0.39 is 0 Å². The molecular formula is C16H17LiO4P. The zero-order valence-electron chi connectivity index (χ0n) is 13.2. The molecule has 4 nitrogen and oxygen atoms in total. The molecule has 0 saturated carbocycles. The van der Waals surface area contributed by atoms with Gasteiger partial charge in [-0.25, -0.2) is 0 Å². The molecule has 0 spiro atoms. The number of carbonyl (C=O) groups excluding carboxylic acids is 1. The third kappa shape index (κ3) is 4.05. The van der Waals surface area contributed by atoms with Crippen LogP contribution in [-0.2, 0) is 0 Å². The molecule has 1 radical (unpaired) electrons. The van der Waals surface area contributed by atoms with E-state index in [9.17, 15) is 4.79 Å². The zero-order chi connectivity index (χ0) is 15.2. The van der Waals surface area contributed by atoms with Gasteiger partial charge in [-0.2, -0.15) is 0 Å². The van der Waals surface area contributed by atoms with Gasteiger partial charge in [0.1, 0.15) is 11.3 Å². The Hall–Kier alpha value is -1.46. The summed E-state index contributed by atoms with van der Waals surface area (Å²) in [6.45, 7) is 0. The normalized spacial score (nSPS) is 10.1. The topological polar surface area (TPSA) is 44.8 Å². The number of benzene rings is 2. The van der Waals surface area contributed by atoms with Crippen molar-refractivity contribution in [3.05, 3.63) is 48.0 Å². The van der Waals surface area contributed by atoms with Gasteiger partial charge < -0.3 is 14.2 Å². The van der Waals surface area contributed by atoms with Crippen molar-refractivity contribution in [2.75, 3.05) is 21.3 Å². The van der Waals surface area contributed by atoms with Crippen LogP contribution in [0.4, 0.5) is 0 Å². The fraction of sp³-hybridized carbons (Fsp3) is 0.188. The maximum absolute atomic E-state index is 12.6. The van der Waals surface area contributed by atoms with E-state index in [-0.39, 0.29) is 33.0 Å². The molecule has 2 aromatic rings. The van der Waals surface area contributed by atoms with E-state index in [1.165, 1.54) is 21.3 Å². The van der Waals surface area contributed by atoms with Gasteiger partial charge in [-0.3, -0.25) is 4.79 Å². The van der Waals surface area contributed by atoms with Crippen LogP contribution < -0.4 is 19.5 Å². The second-order valence-electron chi connectivity index (χ2n) is 4.20. The van der Waals surface area contributed by atoms with Gasteiger partial charge in [0.25, 0.3) is 0 Å². The molecule has 0 aliphatic carbocycles. The molecule has 0 heterocycles. The third-order valence-corrected chi connectivity index (χ3v) is 4.09. The molecule has 0 amide bonds. The summed E-state index contributed by atoms with van der Waals surface area (Å²) in [5.41, 5.74) is 0.371. The number of rotatable bonds is 6. The SMILES string of the molecule is COc1ccc(OC)c(C(=O)Pc2ccccc2)c1OC.[Li]. The molecule has 1 unspecified atom stereocenters. The standard InChI is InChI=1S/C16H17O4P.Li/c1-18-12-9-10-13(19-2)15(20-3)14(12)16(17)21-11-7-5-4-6-8-11;/h4-10,21H,1-3H3;. The minimum Gasteiger partial charge on any atom is -0.496 e. The van der Waals surface area contributed by atoms with Crippen molar-refractivity contribution in [2.24, 2.45) is 0 Å². The summed E-state index contributed by atoms with van der Waals surface area (Å²) < 4.78 is 15.9. The zero-order valence-corrected chi connectivity index (χ0v) is 14.2. The van der Waals surface area contributed by atoms with Crippen molar-refractivity contribution in [1.29, 1.82) is 0 Å². The van der Waals surface area contributed by atoms with Crippen LogP contribution in [0, 0.1) is 0 Å². The number of ether oxygens (including phenoxy) is 3. The Kier molecular flexibility index (Phi) is 7.48. The van der Waals surface area contributed by atoms with Gasteiger partial charge in [0.2, 0.25) is 0 Å². The summed E-state index contributed by atoms with van der Waals surface area (Å²) >= 11 is 0. The Morgan fingerprint density at radius 3 is 2.00 bits per heavy atom. The Bertz CT molecular complexity index is 632. The molecular weight excluding hydrogens is 294 g/mol. The van der Waals surface area contributed by atoms with Crippen LogP contribution >= 0.6 is 8.58 Å². The Morgan fingerprint density at radius 2 is 1.45 bits per heavy atom. The fourth-order valence-corrected chi connectivity index (χ4v) is 2.99. The maximum atomic E-state index is 12.6. The van der Waals surface area contributed by atoms with Crippen LogP contribution in [-0.4, -0.2) is 45.7 Å². The van der Waals surface area contributed by atoms with Gasteiger partial charge in [-0.15, -0.1) is 0 Å². The minimum absolute atomic E-state index is 0. The van der Waals surface area contributed by atoms with Crippen LogP contribution in [0.1, 0.15) is 10.4 Å². The minimum atomic E-state index is -0.0474. The first-order valence-corrected chi connectivity index (χ1v) is 7.36. The quantitative estimate of drug-likeness (QED) is 0.607. The summed E-state index contributed by atoms with van der Waals surface area (Å²) in [5.74, 6) is 1.41. The van der Waals surface area contributed by atoms with Crippen molar-refractivity contribution in [2.45, 2.75) is 0 Å². The molecule has 0 aromatic heterocycles. The van der Waals surface area contributed by atoms with Crippen LogP contribution in [0.15, 0.2) is 42.5 Å². The Morgan fingerprint density at radius 1 is 0.864 bits per heavy atom. The van der Waals surface area contributed by atoms with Crippen LogP contribution in [0.25, 0.3) is 0 Å². The van der Waals surface area contributed by atoms with Crippen LogP contribution in [0.5, 0.6) is 17.2 Å². The molecule has 0 fully saturated rings. The first kappa shape index (κ1) is 18.6. The van der Waals surface area contributed by atoms with Gasteiger partial charge in [0.15, 0.2) is 17.0 Å². The summed E-state index contributed by atoms with van der Waals surface area (Å²) in [5, 5.41) is 0.967. The van der Waals surface area contributed by atoms with Gasteiger partial charge in [0.05, 0.1) is 21.3 Å². The molecule has 0 bridgehead atoms. The van der Waals surface area contributed by atoms with Crippen molar-refractivity contribution < 1.29 is 19.0 Å². The van der Waals surface area contributed by atoms with E-state index in [1.807, 2.05) is 30.3 Å². The summed E-state index contributed by atoms with van der Waals surface area (Å²) in [6, 6.07) is 13.0. The van der Waals surface area contributed by atoms with E-state index in [1.54, 1.807) is 12.1 Å². The third-order valence-electron chi connectivity index (χ3n) is 2.99. The molecule has 0 aliphatic heterocycles. The maximum Gasteiger partial charge on any atom is 0.193 e. The van der Waals surface area contributed by atoms with Crippen LogP contribution in [0.3, 0.4) is 0 Å². The number of hydrogen-bond donors (Lipinski definition) is 0. The number of hydrogen-bond acceptors (Lipinski definition) is 4. The first-order valence-electron chi connectivity index (χ1n) is 6.36. The fourth-order valence-electron chi connectivity index (χ4n) is 2.01. The summed E-state index contributed by atoms with van der Waals surface area (Å²) in [6.07, 6.45) is 0. The average Bonchev–Trinajstić information content (AvgIpc) is 2.54. The largest absolute Gasteiger partial charge is 0.496 e. The second-order valence-corrected chi connectivity index (χ2v) is 5.48. The predicted octanol–water partition coefficient (Wildman–Crippen LogP) is 2.48. The number of carbonyl (C=O) groups is 1. The molecule has 2 rings (SSSR count). The Balaban J connectivity index is 0.00000242. The van der Waals surface area contributed by atoms with Crippen molar-refractivity contribution in [3.63, 3.8) is 0 Å². The van der Waals surface area contributed by atoms with E-state index in [2.05, 4.69) is 0 Å². The van der Waals surface area contributed by atoms with Crippen molar-refractivity contribution in [1.82, 2.24) is 0 Å². The van der Waals surface area contributed by atoms with E-state index in [4.69, 9.17) is 14.2 Å². The molecule has 0 aliphatic rings. The van der Waals surface area contributed by atoms with Crippen LogP contribution in [0.2, 0.25) is 0 Å². The van der Waals surface area contributed by atoms with E-state index in [0.717, 1.165) is 5.30 Å². The first-order chi connectivity index (χ1) is 10.2.